The molecule has 2 aromatic rings. The van der Waals surface area contributed by atoms with Crippen LogP contribution in [-0.4, -0.2) is 29.2 Å². The van der Waals surface area contributed by atoms with Crippen LogP contribution in [0.15, 0.2) is 24.3 Å². The third-order valence-corrected chi connectivity index (χ3v) is 4.61. The smallest absolute Gasteiger partial charge is 0.279 e. The van der Waals surface area contributed by atoms with E-state index in [0.717, 1.165) is 62.3 Å². The first kappa shape index (κ1) is 13.5. The van der Waals surface area contributed by atoms with Crippen molar-refractivity contribution in [3.05, 3.63) is 46.8 Å². The normalized spacial score (nSPS) is 17.5. The lowest BCUT2D eigenvalue weighted by molar-refractivity contribution is 0.0981. The highest BCUT2D eigenvalue weighted by Crippen LogP contribution is 2.28. The van der Waals surface area contributed by atoms with Gasteiger partial charge in [-0.1, -0.05) is 18.2 Å². The molecule has 0 radical (unpaired) electrons. The molecule has 4 rings (SSSR count). The molecule has 5 nitrogen and oxygen atoms in total. The van der Waals surface area contributed by atoms with Gasteiger partial charge in [0.2, 0.25) is 0 Å². The predicted octanol–water partition coefficient (Wildman–Crippen LogP) is 2.04. The Kier molecular flexibility index (Phi) is 3.42. The largest absolute Gasteiger partial charge is 0.312 e. The Balaban J connectivity index is 1.72. The second-order valence-corrected chi connectivity index (χ2v) is 6.00. The van der Waals surface area contributed by atoms with Gasteiger partial charge in [-0.3, -0.25) is 9.89 Å². The minimum Gasteiger partial charge on any atom is -0.312 e. The van der Waals surface area contributed by atoms with Crippen LogP contribution in [0, 0.1) is 0 Å². The highest BCUT2D eigenvalue weighted by atomic mass is 16.2. The van der Waals surface area contributed by atoms with E-state index in [1.165, 1.54) is 5.56 Å². The summed E-state index contributed by atoms with van der Waals surface area (Å²) in [7, 11) is 0. The zero-order chi connectivity index (χ0) is 14.9. The Morgan fingerprint density at radius 1 is 1.18 bits per heavy atom. The van der Waals surface area contributed by atoms with Crippen molar-refractivity contribution in [1.29, 1.82) is 0 Å². The van der Waals surface area contributed by atoms with Gasteiger partial charge in [0, 0.05) is 43.0 Å². The molecule has 0 fully saturated rings. The van der Waals surface area contributed by atoms with Gasteiger partial charge >= 0.3 is 0 Å². The molecule has 1 amide bonds. The second kappa shape index (κ2) is 5.57. The minimum absolute atomic E-state index is 0.0237. The van der Waals surface area contributed by atoms with Crippen LogP contribution in [0.3, 0.4) is 0 Å². The Morgan fingerprint density at radius 2 is 2.09 bits per heavy atom. The molecule has 0 saturated carbocycles. The Morgan fingerprint density at radius 3 is 3.05 bits per heavy atom. The SMILES string of the molecule is O=C(c1n[nH]c2c1CNCC2)N1CCCCc2ccccc21. The zero-order valence-corrected chi connectivity index (χ0v) is 12.6. The first-order chi connectivity index (χ1) is 10.8. The van der Waals surface area contributed by atoms with Crippen LogP contribution in [0.4, 0.5) is 5.69 Å². The number of aromatic amines is 1. The highest BCUT2D eigenvalue weighted by molar-refractivity contribution is 6.06. The standard InChI is InChI=1S/C17H20N4O/c22-17(16-13-11-18-9-8-14(13)19-20-16)21-10-4-3-6-12-5-1-2-7-15(12)21/h1-2,5,7,18H,3-4,6,8-11H2,(H,19,20). The molecular formula is C17H20N4O. The van der Waals surface area contributed by atoms with Crippen molar-refractivity contribution >= 4 is 11.6 Å². The lowest BCUT2D eigenvalue weighted by Gasteiger charge is -2.23. The quantitative estimate of drug-likeness (QED) is 0.846. The molecular weight excluding hydrogens is 276 g/mol. The maximum Gasteiger partial charge on any atom is 0.279 e. The van der Waals surface area contributed by atoms with E-state index in [-0.39, 0.29) is 5.91 Å². The zero-order valence-electron chi connectivity index (χ0n) is 12.6. The number of aromatic nitrogens is 2. The highest BCUT2D eigenvalue weighted by Gasteiger charge is 2.28. The number of aryl methyl sites for hydroxylation is 1. The molecule has 0 unspecified atom stereocenters. The Hall–Kier alpha value is -2.14. The van der Waals surface area contributed by atoms with E-state index in [1.807, 2.05) is 17.0 Å². The second-order valence-electron chi connectivity index (χ2n) is 6.00. The topological polar surface area (TPSA) is 61.0 Å². The molecule has 2 aliphatic rings. The summed E-state index contributed by atoms with van der Waals surface area (Å²) in [5.74, 6) is 0.0237. The fourth-order valence-electron chi connectivity index (χ4n) is 3.43. The summed E-state index contributed by atoms with van der Waals surface area (Å²) in [6.45, 7) is 2.43. The number of hydrogen-bond acceptors (Lipinski definition) is 3. The van der Waals surface area contributed by atoms with E-state index in [2.05, 4.69) is 27.6 Å². The third kappa shape index (κ3) is 2.22. The summed E-state index contributed by atoms with van der Waals surface area (Å²) in [5.41, 5.74) is 5.03. The molecule has 114 valence electrons. The number of benzene rings is 1. The van der Waals surface area contributed by atoms with Gasteiger partial charge in [0.1, 0.15) is 0 Å². The van der Waals surface area contributed by atoms with E-state index in [9.17, 15) is 4.79 Å². The number of amides is 1. The van der Waals surface area contributed by atoms with Crippen LogP contribution in [0.2, 0.25) is 0 Å². The Bertz CT molecular complexity index is 706. The van der Waals surface area contributed by atoms with Crippen molar-refractivity contribution < 1.29 is 4.79 Å². The van der Waals surface area contributed by atoms with E-state index in [1.54, 1.807) is 0 Å². The summed E-state index contributed by atoms with van der Waals surface area (Å²) in [6, 6.07) is 8.23. The van der Waals surface area contributed by atoms with Crippen LogP contribution in [0.5, 0.6) is 0 Å². The van der Waals surface area contributed by atoms with Gasteiger partial charge in [0.25, 0.3) is 5.91 Å². The summed E-state index contributed by atoms with van der Waals surface area (Å²) < 4.78 is 0. The molecule has 0 saturated heterocycles. The van der Waals surface area contributed by atoms with Crippen LogP contribution in [-0.2, 0) is 19.4 Å². The number of rotatable bonds is 1. The molecule has 0 aliphatic carbocycles. The lowest BCUT2D eigenvalue weighted by atomic mass is 10.1. The number of carbonyl (C=O) groups is 1. The number of hydrogen-bond donors (Lipinski definition) is 2. The summed E-state index contributed by atoms with van der Waals surface area (Å²) in [5, 5.41) is 10.7. The molecule has 0 atom stereocenters. The fourth-order valence-corrected chi connectivity index (χ4v) is 3.43. The number of nitrogens with one attached hydrogen (secondary N) is 2. The molecule has 0 spiro atoms. The lowest BCUT2D eigenvalue weighted by Crippen LogP contribution is -2.34. The van der Waals surface area contributed by atoms with Crippen molar-refractivity contribution in [1.82, 2.24) is 15.5 Å². The molecule has 5 heteroatoms. The first-order valence-electron chi connectivity index (χ1n) is 8.01. The first-order valence-corrected chi connectivity index (χ1v) is 8.01. The van der Waals surface area contributed by atoms with Gasteiger partial charge in [0.15, 0.2) is 5.69 Å². The molecule has 2 aliphatic heterocycles. The van der Waals surface area contributed by atoms with Gasteiger partial charge in [0.05, 0.1) is 0 Å². The molecule has 22 heavy (non-hydrogen) atoms. The third-order valence-electron chi connectivity index (χ3n) is 4.61. The van der Waals surface area contributed by atoms with E-state index in [0.29, 0.717) is 5.69 Å². The van der Waals surface area contributed by atoms with Gasteiger partial charge in [-0.15, -0.1) is 0 Å². The molecule has 1 aromatic heterocycles. The number of nitrogens with zero attached hydrogens (tertiary/aromatic N) is 2. The number of carbonyl (C=O) groups excluding carboxylic acids is 1. The molecule has 2 N–H and O–H groups in total. The van der Waals surface area contributed by atoms with Gasteiger partial charge in [-0.2, -0.15) is 5.10 Å². The van der Waals surface area contributed by atoms with Crippen molar-refractivity contribution in [3.63, 3.8) is 0 Å². The van der Waals surface area contributed by atoms with Crippen LogP contribution < -0.4 is 10.2 Å². The van der Waals surface area contributed by atoms with E-state index in [4.69, 9.17) is 0 Å². The maximum absolute atomic E-state index is 13.1. The van der Waals surface area contributed by atoms with Crippen molar-refractivity contribution in [3.8, 4) is 0 Å². The average Bonchev–Trinajstić information content (AvgIpc) is 2.87. The van der Waals surface area contributed by atoms with E-state index >= 15 is 0 Å². The Labute approximate surface area is 129 Å². The van der Waals surface area contributed by atoms with Crippen molar-refractivity contribution in [2.24, 2.45) is 0 Å². The average molecular weight is 296 g/mol. The van der Waals surface area contributed by atoms with Crippen LogP contribution in [0.25, 0.3) is 0 Å². The van der Waals surface area contributed by atoms with Gasteiger partial charge < -0.3 is 10.2 Å². The fraction of sp³-hybridized carbons (Fsp3) is 0.412. The van der Waals surface area contributed by atoms with Crippen molar-refractivity contribution in [2.45, 2.75) is 32.2 Å². The predicted molar refractivity (Wildman–Crippen MR) is 85.1 cm³/mol. The minimum atomic E-state index is 0.0237. The monoisotopic (exact) mass is 296 g/mol. The molecule has 1 aromatic carbocycles. The van der Waals surface area contributed by atoms with Crippen LogP contribution in [0.1, 0.15) is 40.2 Å². The number of fused-ring (bicyclic) bond motifs is 2. The van der Waals surface area contributed by atoms with E-state index < -0.39 is 0 Å². The molecule has 0 bridgehead atoms. The summed E-state index contributed by atoms with van der Waals surface area (Å²) in [6.07, 6.45) is 4.11. The number of H-pyrrole nitrogens is 1. The summed E-state index contributed by atoms with van der Waals surface area (Å²) >= 11 is 0. The number of anilines is 1. The molecule has 3 heterocycles. The maximum atomic E-state index is 13.1. The summed E-state index contributed by atoms with van der Waals surface area (Å²) in [4.78, 5) is 15.0. The van der Waals surface area contributed by atoms with Crippen molar-refractivity contribution in [2.75, 3.05) is 18.0 Å². The van der Waals surface area contributed by atoms with Gasteiger partial charge in [-0.05, 0) is 30.9 Å². The van der Waals surface area contributed by atoms with Gasteiger partial charge in [-0.25, -0.2) is 0 Å². The number of para-hydroxylation sites is 1. The van der Waals surface area contributed by atoms with Crippen LogP contribution >= 0.6 is 0 Å².